The van der Waals surface area contributed by atoms with Crippen LogP contribution in [0.4, 0.5) is 0 Å². The molecule has 0 aliphatic rings. The molecular weight excluding hydrogens is 194 g/mol. The number of rotatable bonds is 1. The molecular formula is C4H13AsCl2. The van der Waals surface area contributed by atoms with Gasteiger partial charge in [0.2, 0.25) is 0 Å². The molecule has 0 aromatic heterocycles. The summed E-state index contributed by atoms with van der Waals surface area (Å²) in [5.74, 6) is 0.912. The predicted octanol–water partition coefficient (Wildman–Crippen LogP) is 1.54. The second kappa shape index (κ2) is 10.2. The number of halogens is 2. The minimum Gasteiger partial charge on any atom is -0.147 e. The summed E-state index contributed by atoms with van der Waals surface area (Å²) in [6, 6.07) is 0. The Kier molecular flexibility index (Phi) is 22.9. The fourth-order valence-corrected chi connectivity index (χ4v) is 0. The molecule has 0 aliphatic heterocycles. The van der Waals surface area contributed by atoms with Crippen LogP contribution in [-0.2, 0) is 0 Å². The zero-order chi connectivity index (χ0) is 4.28. The summed E-state index contributed by atoms with van der Waals surface area (Å²) in [7, 11) is 0. The van der Waals surface area contributed by atoms with Gasteiger partial charge in [-0.2, -0.15) is 0 Å². The van der Waals surface area contributed by atoms with Gasteiger partial charge >= 0.3 is 41.8 Å². The van der Waals surface area contributed by atoms with Crippen molar-refractivity contribution in [2.75, 3.05) is 0 Å². The Morgan fingerprint density at radius 3 is 1.43 bits per heavy atom. The van der Waals surface area contributed by atoms with E-state index in [0.29, 0.717) is 0 Å². The summed E-state index contributed by atoms with van der Waals surface area (Å²) in [4.78, 5) is 0. The minimum atomic E-state index is 0. The van der Waals surface area contributed by atoms with Gasteiger partial charge in [0.25, 0.3) is 0 Å². The first-order valence-electron chi connectivity index (χ1n) is 1.97. The van der Waals surface area contributed by atoms with Crippen LogP contribution in [0.3, 0.4) is 0 Å². The third-order valence-corrected chi connectivity index (χ3v) is 2.45. The Hall–Kier alpha value is 1.14. The molecule has 0 saturated heterocycles. The van der Waals surface area contributed by atoms with Crippen LogP contribution in [-0.4, -0.2) is 16.9 Å². The molecule has 1 unspecified atom stereocenters. The summed E-state index contributed by atoms with van der Waals surface area (Å²) in [5, 5.41) is 1.37. The van der Waals surface area contributed by atoms with Crippen LogP contribution < -0.4 is 0 Å². The van der Waals surface area contributed by atoms with Gasteiger partial charge in [-0.25, -0.2) is 0 Å². The molecule has 3 heteroatoms. The van der Waals surface area contributed by atoms with Gasteiger partial charge in [0, 0.05) is 0 Å². The molecule has 0 N–H and O–H groups in total. The summed E-state index contributed by atoms with van der Waals surface area (Å²) < 4.78 is 0. The predicted molar refractivity (Wildman–Crippen MR) is 42.7 cm³/mol. The van der Waals surface area contributed by atoms with Crippen molar-refractivity contribution >= 4 is 41.7 Å². The fourth-order valence-electron chi connectivity index (χ4n) is 0. The van der Waals surface area contributed by atoms with Gasteiger partial charge in [0.1, 0.15) is 0 Å². The number of hydrogen-bond acceptors (Lipinski definition) is 0. The van der Waals surface area contributed by atoms with E-state index in [1.54, 1.807) is 0 Å². The minimum absolute atomic E-state index is 0. The van der Waals surface area contributed by atoms with E-state index in [0.717, 1.165) is 5.92 Å². The standard InChI is InChI=1S/C4H11As.2ClH/c1-4(2)3-5;;/h4H,3,5H2,1-2H3;2*1H. The third kappa shape index (κ3) is 19.1. The molecule has 0 fully saturated rings. The Morgan fingerprint density at radius 2 is 1.43 bits per heavy atom. The van der Waals surface area contributed by atoms with Crippen LogP contribution in [0.15, 0.2) is 0 Å². The third-order valence-electron chi connectivity index (χ3n) is 0.471. The molecule has 0 saturated carbocycles. The van der Waals surface area contributed by atoms with Gasteiger partial charge in [0.05, 0.1) is 0 Å². The SMILES string of the molecule is CC(C)C[AsH2].Cl.Cl. The largest absolute Gasteiger partial charge is 0.147 e. The van der Waals surface area contributed by atoms with Crippen molar-refractivity contribution in [2.45, 2.75) is 19.1 Å². The molecule has 7 heavy (non-hydrogen) atoms. The van der Waals surface area contributed by atoms with Crippen LogP contribution >= 0.6 is 24.8 Å². The van der Waals surface area contributed by atoms with Crippen molar-refractivity contribution in [1.82, 2.24) is 0 Å². The van der Waals surface area contributed by atoms with E-state index in [4.69, 9.17) is 0 Å². The molecule has 0 aromatic carbocycles. The summed E-state index contributed by atoms with van der Waals surface area (Å²) in [6.45, 7) is 4.48. The first kappa shape index (κ1) is 15.7. The van der Waals surface area contributed by atoms with Crippen LogP contribution in [0.5, 0.6) is 0 Å². The molecule has 48 valence electrons. The zero-order valence-electron chi connectivity index (χ0n) is 4.68. The molecule has 0 spiro atoms. The molecule has 0 amide bonds. The van der Waals surface area contributed by atoms with E-state index in [2.05, 4.69) is 13.8 Å². The summed E-state index contributed by atoms with van der Waals surface area (Å²) in [5.41, 5.74) is 0. The van der Waals surface area contributed by atoms with Crippen LogP contribution in [0, 0.1) is 5.92 Å². The van der Waals surface area contributed by atoms with Gasteiger partial charge < -0.3 is 0 Å². The van der Waals surface area contributed by atoms with Gasteiger partial charge in [-0.3, -0.25) is 0 Å². The van der Waals surface area contributed by atoms with Crippen molar-refractivity contribution in [3.05, 3.63) is 0 Å². The summed E-state index contributed by atoms with van der Waals surface area (Å²) >= 11 is 1.83. The van der Waals surface area contributed by atoms with Crippen LogP contribution in [0.2, 0.25) is 5.21 Å². The van der Waals surface area contributed by atoms with E-state index in [9.17, 15) is 0 Å². The normalized spacial score (nSPS) is 6.86. The first-order valence-corrected chi connectivity index (χ1v) is 3.68. The smallest absolute Gasteiger partial charge is 0.147 e. The first-order chi connectivity index (χ1) is 2.27. The van der Waals surface area contributed by atoms with Crippen molar-refractivity contribution in [1.29, 1.82) is 0 Å². The second-order valence-electron chi connectivity index (χ2n) is 1.63. The van der Waals surface area contributed by atoms with Gasteiger partial charge in [-0.1, -0.05) is 0 Å². The average molecular weight is 207 g/mol. The molecule has 0 nitrogen and oxygen atoms in total. The van der Waals surface area contributed by atoms with Crippen molar-refractivity contribution in [3.63, 3.8) is 0 Å². The van der Waals surface area contributed by atoms with Crippen molar-refractivity contribution in [3.8, 4) is 0 Å². The Labute approximate surface area is 66.8 Å². The Bertz CT molecular complexity index is 23.7. The van der Waals surface area contributed by atoms with Gasteiger partial charge in [-0.15, -0.1) is 24.8 Å². The quantitative estimate of drug-likeness (QED) is 0.572. The maximum atomic E-state index is 2.24. The number of hydrogen-bond donors (Lipinski definition) is 0. The molecule has 0 radical (unpaired) electrons. The van der Waals surface area contributed by atoms with E-state index in [-0.39, 0.29) is 24.8 Å². The molecule has 0 heterocycles. The topological polar surface area (TPSA) is 0 Å². The van der Waals surface area contributed by atoms with E-state index in [1.807, 2.05) is 16.9 Å². The second-order valence-corrected chi connectivity index (χ2v) is 2.62. The molecule has 0 aliphatic carbocycles. The molecule has 0 bridgehead atoms. The average Bonchev–Trinajstić information content (AvgIpc) is 1.38. The van der Waals surface area contributed by atoms with E-state index < -0.39 is 0 Å². The summed E-state index contributed by atoms with van der Waals surface area (Å²) in [6.07, 6.45) is 0. The monoisotopic (exact) mass is 206 g/mol. The van der Waals surface area contributed by atoms with Crippen molar-refractivity contribution < 1.29 is 0 Å². The maximum absolute atomic E-state index is 2.24. The molecule has 0 aromatic rings. The Morgan fingerprint density at radius 1 is 1.29 bits per heavy atom. The van der Waals surface area contributed by atoms with Gasteiger partial charge in [0.15, 0.2) is 0 Å². The van der Waals surface area contributed by atoms with E-state index >= 15 is 0 Å². The zero-order valence-corrected chi connectivity index (χ0v) is 8.73. The van der Waals surface area contributed by atoms with Gasteiger partial charge in [-0.05, 0) is 0 Å². The van der Waals surface area contributed by atoms with Crippen molar-refractivity contribution in [2.24, 2.45) is 5.92 Å². The molecule has 0 rings (SSSR count). The maximum Gasteiger partial charge on any atom is -0.147 e. The molecule has 1 atom stereocenters. The Balaban J connectivity index is -0.0000000800. The fraction of sp³-hybridized carbons (Fsp3) is 1.00. The van der Waals surface area contributed by atoms with E-state index in [1.165, 1.54) is 5.21 Å². The van der Waals surface area contributed by atoms with Crippen LogP contribution in [0.1, 0.15) is 13.8 Å². The van der Waals surface area contributed by atoms with Crippen LogP contribution in [0.25, 0.3) is 0 Å².